The number of rotatable bonds is 3. The highest BCUT2D eigenvalue weighted by Crippen LogP contribution is 2.26. The molecule has 0 aliphatic carbocycles. The first-order valence-electron chi connectivity index (χ1n) is 3.81. The van der Waals surface area contributed by atoms with Crippen LogP contribution in [0.1, 0.15) is 5.56 Å². The Balaban J connectivity index is 2.94. The van der Waals surface area contributed by atoms with Gasteiger partial charge in [-0.25, -0.2) is 0 Å². The molecule has 70 valence electrons. The fourth-order valence-electron chi connectivity index (χ4n) is 1.06. The van der Waals surface area contributed by atoms with Crippen molar-refractivity contribution in [2.75, 3.05) is 7.11 Å². The van der Waals surface area contributed by atoms with Crippen LogP contribution in [0.4, 0.5) is 0 Å². The highest BCUT2D eigenvalue weighted by molar-refractivity contribution is 6.33. The van der Waals surface area contributed by atoms with E-state index in [0.29, 0.717) is 11.5 Å². The Bertz CT molecular complexity index is 287. The van der Waals surface area contributed by atoms with E-state index in [1.807, 2.05) is 0 Å². The van der Waals surface area contributed by atoms with Crippen molar-refractivity contribution in [2.45, 2.75) is 6.92 Å². The van der Waals surface area contributed by atoms with Crippen molar-refractivity contribution in [1.82, 2.24) is 0 Å². The second-order valence-corrected chi connectivity index (χ2v) is 2.53. The Labute approximate surface area is 76.9 Å². The van der Waals surface area contributed by atoms with Crippen LogP contribution in [0.5, 0.6) is 11.5 Å². The zero-order chi connectivity index (χ0) is 9.84. The molecule has 0 unspecified atom stereocenters. The first kappa shape index (κ1) is 9.89. The first-order chi connectivity index (χ1) is 6.15. The molecule has 0 heterocycles. The normalized spacial score (nSPS) is 9.54. The van der Waals surface area contributed by atoms with Gasteiger partial charge in [0.05, 0.1) is 7.11 Å². The van der Waals surface area contributed by atoms with E-state index in [-0.39, 0.29) is 0 Å². The third-order valence-electron chi connectivity index (χ3n) is 1.69. The summed E-state index contributed by atoms with van der Waals surface area (Å²) in [6, 6.07) is 5.12. The van der Waals surface area contributed by atoms with Crippen LogP contribution in [0.25, 0.3) is 0 Å². The van der Waals surface area contributed by atoms with Gasteiger partial charge in [-0.15, -0.1) is 0 Å². The first-order valence-corrected chi connectivity index (χ1v) is 3.81. The molecule has 1 aromatic carbocycles. The summed E-state index contributed by atoms with van der Waals surface area (Å²) in [5, 5.41) is 17.2. The second-order valence-electron chi connectivity index (χ2n) is 2.53. The van der Waals surface area contributed by atoms with E-state index in [1.54, 1.807) is 32.2 Å². The van der Waals surface area contributed by atoms with E-state index in [9.17, 15) is 0 Å². The van der Waals surface area contributed by atoms with Gasteiger partial charge in [-0.05, 0) is 19.1 Å². The summed E-state index contributed by atoms with van der Waals surface area (Å²) in [6.45, 7) is 1.77. The molecule has 2 N–H and O–H groups in total. The zero-order valence-corrected chi connectivity index (χ0v) is 7.52. The summed E-state index contributed by atoms with van der Waals surface area (Å²) in [6.07, 6.45) is 0. The van der Waals surface area contributed by atoms with E-state index in [2.05, 4.69) is 0 Å². The predicted octanol–water partition coefficient (Wildman–Crippen LogP) is 0.352. The molecular weight excluding hydrogens is 171 g/mol. The van der Waals surface area contributed by atoms with Crippen LogP contribution < -0.4 is 9.39 Å². The minimum absolute atomic E-state index is 0.398. The van der Waals surface area contributed by atoms with Crippen molar-refractivity contribution in [3.63, 3.8) is 0 Å². The van der Waals surface area contributed by atoms with E-state index < -0.39 is 7.32 Å². The molecule has 0 aliphatic rings. The van der Waals surface area contributed by atoms with Crippen LogP contribution in [0.3, 0.4) is 0 Å². The molecule has 0 bridgehead atoms. The summed E-state index contributed by atoms with van der Waals surface area (Å²) in [4.78, 5) is 0. The molecule has 13 heavy (non-hydrogen) atoms. The topological polar surface area (TPSA) is 58.9 Å². The molecule has 1 rings (SSSR count). The van der Waals surface area contributed by atoms with Crippen LogP contribution in [0.2, 0.25) is 0 Å². The van der Waals surface area contributed by atoms with Crippen molar-refractivity contribution in [2.24, 2.45) is 0 Å². The molecule has 0 atom stereocenters. The summed E-state index contributed by atoms with van der Waals surface area (Å²) in [5.41, 5.74) is 0.734. The summed E-state index contributed by atoms with van der Waals surface area (Å²) < 4.78 is 9.74. The maximum Gasteiger partial charge on any atom is 0.707 e. The monoisotopic (exact) mass is 182 g/mol. The van der Waals surface area contributed by atoms with Gasteiger partial charge in [0.15, 0.2) is 0 Å². The highest BCUT2D eigenvalue weighted by atomic mass is 16.6. The van der Waals surface area contributed by atoms with Gasteiger partial charge in [0.1, 0.15) is 11.5 Å². The van der Waals surface area contributed by atoms with Crippen molar-refractivity contribution in [3.05, 3.63) is 23.8 Å². The summed E-state index contributed by atoms with van der Waals surface area (Å²) in [7, 11) is -0.257. The Morgan fingerprint density at radius 3 is 2.38 bits per heavy atom. The Morgan fingerprint density at radius 1 is 1.23 bits per heavy atom. The molecule has 5 heteroatoms. The lowest BCUT2D eigenvalue weighted by Crippen LogP contribution is -2.21. The number of hydrogen-bond acceptors (Lipinski definition) is 4. The molecule has 0 radical (unpaired) electrons. The number of ether oxygens (including phenoxy) is 1. The fraction of sp³-hybridized carbons (Fsp3) is 0.250. The lowest BCUT2D eigenvalue weighted by molar-refractivity contribution is 0.286. The van der Waals surface area contributed by atoms with Crippen LogP contribution in [-0.2, 0) is 0 Å². The molecule has 1 aromatic rings. The Morgan fingerprint density at radius 2 is 1.85 bits per heavy atom. The molecule has 0 saturated carbocycles. The molecule has 4 nitrogen and oxygen atoms in total. The molecule has 0 saturated heterocycles. The van der Waals surface area contributed by atoms with Gasteiger partial charge in [0.2, 0.25) is 0 Å². The number of methoxy groups -OCH3 is 1. The third kappa shape index (κ3) is 2.37. The van der Waals surface area contributed by atoms with Crippen LogP contribution in [0, 0.1) is 6.92 Å². The number of benzene rings is 1. The quantitative estimate of drug-likeness (QED) is 0.662. The predicted molar refractivity (Wildman–Crippen MR) is 48.6 cm³/mol. The molecular formula is C8H11BO4. The number of hydrogen-bond donors (Lipinski definition) is 2. The molecule has 0 amide bonds. The van der Waals surface area contributed by atoms with Crippen molar-refractivity contribution >= 4 is 7.32 Å². The van der Waals surface area contributed by atoms with E-state index in [1.165, 1.54) is 0 Å². The van der Waals surface area contributed by atoms with Crippen LogP contribution >= 0.6 is 0 Å². The van der Waals surface area contributed by atoms with Gasteiger partial charge < -0.3 is 19.4 Å². The maximum absolute atomic E-state index is 8.59. The fourth-order valence-corrected chi connectivity index (χ4v) is 1.06. The lowest BCUT2D eigenvalue weighted by Gasteiger charge is -2.10. The van der Waals surface area contributed by atoms with Crippen molar-refractivity contribution < 1.29 is 19.4 Å². The van der Waals surface area contributed by atoms with Gasteiger partial charge in [0, 0.05) is 5.56 Å². The average molecular weight is 182 g/mol. The molecule has 0 fully saturated rings. The minimum Gasteiger partial charge on any atom is -0.512 e. The summed E-state index contributed by atoms with van der Waals surface area (Å²) >= 11 is 0. The maximum atomic E-state index is 8.59. The third-order valence-corrected chi connectivity index (χ3v) is 1.69. The minimum atomic E-state index is -1.80. The standard InChI is InChI=1S/C8H11BO4/c1-6-7(12-2)4-3-5-8(6)13-9(10)11/h3-5,10-11H,1-2H3. The van der Waals surface area contributed by atoms with Gasteiger partial charge in [-0.2, -0.15) is 0 Å². The van der Waals surface area contributed by atoms with Gasteiger partial charge in [0.25, 0.3) is 0 Å². The second kappa shape index (κ2) is 4.16. The highest BCUT2D eigenvalue weighted by Gasteiger charge is 2.14. The van der Waals surface area contributed by atoms with Crippen LogP contribution in [0.15, 0.2) is 18.2 Å². The SMILES string of the molecule is COc1cccc(OB(O)O)c1C. The smallest absolute Gasteiger partial charge is 0.512 e. The summed E-state index contributed by atoms with van der Waals surface area (Å²) in [5.74, 6) is 1.05. The molecule has 0 aliphatic heterocycles. The van der Waals surface area contributed by atoms with Crippen molar-refractivity contribution in [3.8, 4) is 11.5 Å². The van der Waals surface area contributed by atoms with Gasteiger partial charge in [-0.1, -0.05) is 6.07 Å². The van der Waals surface area contributed by atoms with Crippen molar-refractivity contribution in [1.29, 1.82) is 0 Å². The van der Waals surface area contributed by atoms with Crippen LogP contribution in [-0.4, -0.2) is 24.5 Å². The van der Waals surface area contributed by atoms with Gasteiger partial charge in [-0.3, -0.25) is 0 Å². The van der Waals surface area contributed by atoms with Gasteiger partial charge >= 0.3 is 7.32 Å². The Kier molecular flexibility index (Phi) is 3.16. The Hall–Kier alpha value is -1.20. The average Bonchev–Trinajstić information content (AvgIpc) is 2.08. The molecule has 0 aromatic heterocycles. The van der Waals surface area contributed by atoms with E-state index in [4.69, 9.17) is 19.4 Å². The lowest BCUT2D eigenvalue weighted by atomic mass is 10.1. The van der Waals surface area contributed by atoms with E-state index in [0.717, 1.165) is 5.56 Å². The largest absolute Gasteiger partial charge is 0.707 e. The van der Waals surface area contributed by atoms with E-state index >= 15 is 0 Å². The molecule has 0 spiro atoms. The zero-order valence-electron chi connectivity index (χ0n) is 7.52.